The molecule has 1 aromatic carbocycles. The summed E-state index contributed by atoms with van der Waals surface area (Å²) in [6, 6.07) is 5.84. The van der Waals surface area contributed by atoms with Gasteiger partial charge in [0.15, 0.2) is 0 Å². The Morgan fingerprint density at radius 2 is 2.29 bits per heavy atom. The van der Waals surface area contributed by atoms with Crippen LogP contribution in [0.15, 0.2) is 18.2 Å². The van der Waals surface area contributed by atoms with E-state index in [2.05, 4.69) is 4.90 Å². The molecule has 0 fully saturated rings. The van der Waals surface area contributed by atoms with Crippen molar-refractivity contribution in [3.8, 4) is 5.75 Å². The highest BCUT2D eigenvalue weighted by atomic mass is 16.5. The highest BCUT2D eigenvalue weighted by molar-refractivity contribution is 5.38. The van der Waals surface area contributed by atoms with E-state index in [0.717, 1.165) is 23.4 Å². The van der Waals surface area contributed by atoms with Crippen molar-refractivity contribution >= 4 is 0 Å². The van der Waals surface area contributed by atoms with Gasteiger partial charge in [-0.05, 0) is 30.3 Å². The maximum atomic E-state index is 9.81. The first kappa shape index (κ1) is 9.49. The zero-order valence-electron chi connectivity index (χ0n) is 8.53. The van der Waals surface area contributed by atoms with Crippen molar-refractivity contribution in [2.24, 2.45) is 0 Å². The smallest absolute Gasteiger partial charge is 0.119 e. The predicted molar refractivity (Wildman–Crippen MR) is 54.3 cm³/mol. The zero-order chi connectivity index (χ0) is 10.1. The minimum absolute atomic E-state index is 0.366. The van der Waals surface area contributed by atoms with E-state index in [9.17, 15) is 5.11 Å². The van der Waals surface area contributed by atoms with Crippen LogP contribution in [0.3, 0.4) is 0 Å². The Labute approximate surface area is 83.9 Å². The van der Waals surface area contributed by atoms with Crippen LogP contribution in [0.25, 0.3) is 0 Å². The van der Waals surface area contributed by atoms with Crippen LogP contribution in [0, 0.1) is 0 Å². The molecule has 0 bridgehead atoms. The normalized spacial score (nSPS) is 21.8. The lowest BCUT2D eigenvalue weighted by Crippen LogP contribution is -2.30. The molecule has 76 valence electrons. The Balaban J connectivity index is 2.39. The fourth-order valence-electron chi connectivity index (χ4n) is 1.92. The maximum Gasteiger partial charge on any atom is 0.119 e. The third kappa shape index (κ3) is 1.61. The van der Waals surface area contributed by atoms with Crippen LogP contribution in [-0.4, -0.2) is 30.7 Å². The van der Waals surface area contributed by atoms with E-state index in [1.807, 2.05) is 25.2 Å². The number of aliphatic hydroxyl groups is 1. The molecule has 0 saturated heterocycles. The Morgan fingerprint density at radius 1 is 1.50 bits per heavy atom. The first-order chi connectivity index (χ1) is 6.70. The number of rotatable bonds is 1. The molecule has 14 heavy (non-hydrogen) atoms. The number of nitrogens with zero attached hydrogens (tertiary/aromatic N) is 1. The van der Waals surface area contributed by atoms with Gasteiger partial charge in [-0.15, -0.1) is 0 Å². The molecule has 3 nitrogen and oxygen atoms in total. The van der Waals surface area contributed by atoms with E-state index in [0.29, 0.717) is 6.54 Å². The fourth-order valence-corrected chi connectivity index (χ4v) is 1.92. The second-order valence-corrected chi connectivity index (χ2v) is 3.78. The zero-order valence-corrected chi connectivity index (χ0v) is 8.53. The van der Waals surface area contributed by atoms with Gasteiger partial charge < -0.3 is 9.84 Å². The first-order valence-corrected chi connectivity index (χ1v) is 4.74. The van der Waals surface area contributed by atoms with Gasteiger partial charge in [-0.2, -0.15) is 0 Å². The second kappa shape index (κ2) is 3.59. The summed E-state index contributed by atoms with van der Waals surface area (Å²) in [4.78, 5) is 2.10. The van der Waals surface area contributed by atoms with Crippen molar-refractivity contribution in [1.82, 2.24) is 4.90 Å². The van der Waals surface area contributed by atoms with E-state index < -0.39 is 0 Å². The molecule has 3 heteroatoms. The molecule has 1 aromatic rings. The van der Waals surface area contributed by atoms with Gasteiger partial charge in [0.05, 0.1) is 13.2 Å². The van der Waals surface area contributed by atoms with Crippen LogP contribution >= 0.6 is 0 Å². The van der Waals surface area contributed by atoms with Crippen molar-refractivity contribution in [1.29, 1.82) is 0 Å². The van der Waals surface area contributed by atoms with Crippen LogP contribution in [-0.2, 0) is 6.54 Å². The van der Waals surface area contributed by atoms with Gasteiger partial charge in [0.1, 0.15) is 5.75 Å². The number of benzene rings is 1. The average molecular weight is 193 g/mol. The monoisotopic (exact) mass is 193 g/mol. The van der Waals surface area contributed by atoms with Crippen molar-refractivity contribution in [2.45, 2.75) is 12.6 Å². The van der Waals surface area contributed by atoms with E-state index >= 15 is 0 Å². The van der Waals surface area contributed by atoms with Crippen LogP contribution in [0.1, 0.15) is 17.2 Å². The second-order valence-electron chi connectivity index (χ2n) is 3.78. The largest absolute Gasteiger partial charge is 0.497 e. The number of β-amino-alcohol motifs (C(OH)–C–C–N with tert-alkyl or cyclic N) is 1. The average Bonchev–Trinajstić information content (AvgIpc) is 2.16. The Morgan fingerprint density at radius 3 is 3.00 bits per heavy atom. The molecule has 1 aliphatic rings. The highest BCUT2D eigenvalue weighted by Gasteiger charge is 2.21. The fraction of sp³-hybridized carbons (Fsp3) is 0.455. The summed E-state index contributed by atoms with van der Waals surface area (Å²) < 4.78 is 5.15. The van der Waals surface area contributed by atoms with Crippen molar-refractivity contribution < 1.29 is 9.84 Å². The first-order valence-electron chi connectivity index (χ1n) is 4.74. The molecular formula is C11H15NO2. The quantitative estimate of drug-likeness (QED) is 0.726. The molecule has 1 unspecified atom stereocenters. The SMILES string of the molecule is COc1ccc2c(c1)CN(C)CC2O. The summed E-state index contributed by atoms with van der Waals surface area (Å²) in [5.74, 6) is 0.853. The number of fused-ring (bicyclic) bond motifs is 1. The van der Waals surface area contributed by atoms with Gasteiger partial charge in [-0.1, -0.05) is 6.07 Å². The van der Waals surface area contributed by atoms with Gasteiger partial charge in [0, 0.05) is 13.1 Å². The van der Waals surface area contributed by atoms with Crippen LogP contribution in [0.5, 0.6) is 5.75 Å². The molecule has 0 aliphatic carbocycles. The molecule has 1 aliphatic heterocycles. The van der Waals surface area contributed by atoms with Crippen molar-refractivity contribution in [2.75, 3.05) is 20.7 Å². The van der Waals surface area contributed by atoms with Gasteiger partial charge >= 0.3 is 0 Å². The molecule has 0 saturated carbocycles. The topological polar surface area (TPSA) is 32.7 Å². The lowest BCUT2D eigenvalue weighted by atomic mass is 9.97. The highest BCUT2D eigenvalue weighted by Crippen LogP contribution is 2.28. The summed E-state index contributed by atoms with van der Waals surface area (Å²) >= 11 is 0. The Hall–Kier alpha value is -1.06. The summed E-state index contributed by atoms with van der Waals surface area (Å²) in [5.41, 5.74) is 2.19. The molecule has 0 aromatic heterocycles. The van der Waals surface area contributed by atoms with Crippen molar-refractivity contribution in [3.05, 3.63) is 29.3 Å². The standard InChI is InChI=1S/C11H15NO2/c1-12-6-8-5-9(14-2)3-4-10(8)11(13)7-12/h3-5,11,13H,6-7H2,1-2H3. The number of hydrogen-bond donors (Lipinski definition) is 1. The number of ether oxygens (including phenoxy) is 1. The van der Waals surface area contributed by atoms with Crippen LogP contribution in [0.2, 0.25) is 0 Å². The Bertz CT molecular complexity index is 338. The summed E-state index contributed by atoms with van der Waals surface area (Å²) in [6.45, 7) is 1.59. The molecule has 0 amide bonds. The summed E-state index contributed by atoms with van der Waals surface area (Å²) in [6.07, 6.45) is -0.366. The summed E-state index contributed by atoms with van der Waals surface area (Å²) in [5, 5.41) is 9.81. The van der Waals surface area contributed by atoms with E-state index in [-0.39, 0.29) is 6.10 Å². The third-order valence-corrected chi connectivity index (χ3v) is 2.63. The van der Waals surface area contributed by atoms with Gasteiger partial charge in [-0.25, -0.2) is 0 Å². The van der Waals surface area contributed by atoms with Crippen molar-refractivity contribution in [3.63, 3.8) is 0 Å². The minimum atomic E-state index is -0.366. The third-order valence-electron chi connectivity index (χ3n) is 2.63. The Kier molecular flexibility index (Phi) is 2.44. The lowest BCUT2D eigenvalue weighted by Gasteiger charge is -2.29. The van der Waals surface area contributed by atoms with Gasteiger partial charge in [0.2, 0.25) is 0 Å². The lowest BCUT2D eigenvalue weighted by molar-refractivity contribution is 0.108. The molecule has 1 N–H and O–H groups in total. The molecule has 0 radical (unpaired) electrons. The molecule has 1 atom stereocenters. The van der Waals surface area contributed by atoms with E-state index in [4.69, 9.17) is 4.74 Å². The van der Waals surface area contributed by atoms with E-state index in [1.54, 1.807) is 7.11 Å². The minimum Gasteiger partial charge on any atom is -0.497 e. The molecule has 2 rings (SSSR count). The summed E-state index contributed by atoms with van der Waals surface area (Å²) in [7, 11) is 3.66. The molecular weight excluding hydrogens is 178 g/mol. The van der Waals surface area contributed by atoms with Crippen LogP contribution in [0.4, 0.5) is 0 Å². The van der Waals surface area contributed by atoms with E-state index in [1.165, 1.54) is 0 Å². The predicted octanol–water partition coefficient (Wildman–Crippen LogP) is 1.17. The molecule has 0 spiro atoms. The number of hydrogen-bond acceptors (Lipinski definition) is 3. The molecule has 1 heterocycles. The van der Waals surface area contributed by atoms with Crippen LogP contribution < -0.4 is 4.74 Å². The van der Waals surface area contributed by atoms with Gasteiger partial charge in [0.25, 0.3) is 0 Å². The number of aliphatic hydroxyl groups excluding tert-OH is 1. The van der Waals surface area contributed by atoms with Gasteiger partial charge in [-0.3, -0.25) is 4.90 Å². The maximum absolute atomic E-state index is 9.81. The number of likely N-dealkylation sites (N-methyl/N-ethyl adjacent to an activating group) is 1. The number of methoxy groups -OCH3 is 1.